The van der Waals surface area contributed by atoms with E-state index in [1.807, 2.05) is 36.4 Å². The number of nitrogens with one attached hydrogen (secondary N) is 2. The fraction of sp³-hybridized carbons (Fsp3) is 0.308. The molecule has 2 N–H and O–H groups in total. The van der Waals surface area contributed by atoms with Gasteiger partial charge in [0.1, 0.15) is 5.00 Å². The lowest BCUT2D eigenvalue weighted by molar-refractivity contribution is 0.0601. The molecule has 0 bridgehead atoms. The third-order valence-electron chi connectivity index (χ3n) is 5.83. The van der Waals surface area contributed by atoms with Crippen molar-refractivity contribution in [3.63, 3.8) is 0 Å². The number of benzene rings is 2. The van der Waals surface area contributed by atoms with Crippen molar-refractivity contribution in [2.45, 2.75) is 44.6 Å². The highest BCUT2D eigenvalue weighted by Crippen LogP contribution is 2.37. The first-order chi connectivity index (χ1) is 15.7. The van der Waals surface area contributed by atoms with Crippen molar-refractivity contribution in [2.24, 2.45) is 0 Å². The SMILES string of the molecule is COC(=O)c1c(NC(=S)NC(c2ccccc2)c2ccccc2)sc2c1CCCCCC2. The predicted molar refractivity (Wildman–Crippen MR) is 136 cm³/mol. The fourth-order valence-corrected chi connectivity index (χ4v) is 5.81. The first-order valence-corrected chi connectivity index (χ1v) is 12.3. The average molecular weight is 465 g/mol. The molecule has 32 heavy (non-hydrogen) atoms. The van der Waals surface area contributed by atoms with Crippen molar-refractivity contribution in [1.29, 1.82) is 0 Å². The minimum absolute atomic E-state index is 0.0973. The third-order valence-corrected chi connectivity index (χ3v) is 7.26. The molecule has 1 aliphatic rings. The van der Waals surface area contributed by atoms with Gasteiger partial charge in [-0.05, 0) is 54.6 Å². The molecule has 0 radical (unpaired) electrons. The van der Waals surface area contributed by atoms with Gasteiger partial charge in [0.15, 0.2) is 5.11 Å². The molecule has 0 fully saturated rings. The largest absolute Gasteiger partial charge is 0.465 e. The lowest BCUT2D eigenvalue weighted by atomic mass is 9.96. The van der Waals surface area contributed by atoms with Crippen molar-refractivity contribution < 1.29 is 9.53 Å². The van der Waals surface area contributed by atoms with E-state index in [1.54, 1.807) is 11.3 Å². The van der Waals surface area contributed by atoms with Gasteiger partial charge >= 0.3 is 5.97 Å². The van der Waals surface area contributed by atoms with E-state index < -0.39 is 0 Å². The van der Waals surface area contributed by atoms with Gasteiger partial charge in [0.05, 0.1) is 18.7 Å². The van der Waals surface area contributed by atoms with Gasteiger partial charge in [-0.15, -0.1) is 11.3 Å². The topological polar surface area (TPSA) is 50.4 Å². The lowest BCUT2D eigenvalue weighted by Gasteiger charge is -2.22. The van der Waals surface area contributed by atoms with Gasteiger partial charge in [-0.1, -0.05) is 73.5 Å². The molecule has 2 aromatic carbocycles. The molecule has 3 aromatic rings. The molecule has 0 aliphatic heterocycles. The molecule has 1 aliphatic carbocycles. The number of hydrogen-bond donors (Lipinski definition) is 2. The van der Waals surface area contributed by atoms with Crippen molar-refractivity contribution >= 4 is 39.6 Å². The summed E-state index contributed by atoms with van der Waals surface area (Å²) < 4.78 is 5.14. The number of thiocarbonyl (C=S) groups is 1. The number of rotatable bonds is 5. The van der Waals surface area contributed by atoms with Crippen LogP contribution in [-0.4, -0.2) is 18.2 Å². The Balaban J connectivity index is 1.61. The van der Waals surface area contributed by atoms with Crippen LogP contribution in [0.4, 0.5) is 5.00 Å². The van der Waals surface area contributed by atoms with E-state index in [1.165, 1.54) is 24.8 Å². The molecule has 0 atom stereocenters. The lowest BCUT2D eigenvalue weighted by Crippen LogP contribution is -2.33. The zero-order valence-corrected chi connectivity index (χ0v) is 19.9. The van der Waals surface area contributed by atoms with Crippen LogP contribution in [0.1, 0.15) is 63.7 Å². The molecule has 0 amide bonds. The van der Waals surface area contributed by atoms with Crippen LogP contribution in [0, 0.1) is 0 Å². The molecular formula is C26H28N2O2S2. The molecule has 166 valence electrons. The number of hydrogen-bond acceptors (Lipinski definition) is 4. The van der Waals surface area contributed by atoms with Gasteiger partial charge in [0.2, 0.25) is 0 Å². The molecule has 0 unspecified atom stereocenters. The van der Waals surface area contributed by atoms with Crippen LogP contribution in [0.15, 0.2) is 60.7 Å². The Morgan fingerprint density at radius 2 is 1.53 bits per heavy atom. The van der Waals surface area contributed by atoms with E-state index in [0.29, 0.717) is 10.7 Å². The normalized spacial score (nSPS) is 13.6. The van der Waals surface area contributed by atoms with Gasteiger partial charge in [-0.3, -0.25) is 0 Å². The number of aryl methyl sites for hydroxylation is 1. The Morgan fingerprint density at radius 1 is 0.938 bits per heavy atom. The maximum absolute atomic E-state index is 12.7. The van der Waals surface area contributed by atoms with Gasteiger partial charge in [0, 0.05) is 4.88 Å². The van der Waals surface area contributed by atoms with E-state index in [-0.39, 0.29) is 12.0 Å². The summed E-state index contributed by atoms with van der Waals surface area (Å²) in [5.41, 5.74) is 4.02. The van der Waals surface area contributed by atoms with Gasteiger partial charge in [-0.2, -0.15) is 0 Å². The minimum atomic E-state index is -0.295. The van der Waals surface area contributed by atoms with Crippen molar-refractivity contribution in [2.75, 3.05) is 12.4 Å². The van der Waals surface area contributed by atoms with E-state index in [4.69, 9.17) is 17.0 Å². The number of ether oxygens (including phenoxy) is 1. The van der Waals surface area contributed by atoms with E-state index >= 15 is 0 Å². The van der Waals surface area contributed by atoms with E-state index in [2.05, 4.69) is 34.9 Å². The molecule has 0 spiro atoms. The first kappa shape index (κ1) is 22.5. The quantitative estimate of drug-likeness (QED) is 0.344. The Kier molecular flexibility index (Phi) is 7.55. The molecule has 4 rings (SSSR count). The number of carbonyl (C=O) groups is 1. The number of methoxy groups -OCH3 is 1. The number of fused-ring (bicyclic) bond motifs is 1. The summed E-state index contributed by atoms with van der Waals surface area (Å²) in [7, 11) is 1.44. The highest BCUT2D eigenvalue weighted by atomic mass is 32.1. The van der Waals surface area contributed by atoms with Crippen LogP contribution in [0.2, 0.25) is 0 Å². The Bertz CT molecular complexity index is 1020. The Morgan fingerprint density at radius 3 is 2.12 bits per heavy atom. The smallest absolute Gasteiger partial charge is 0.341 e. The van der Waals surface area contributed by atoms with Crippen LogP contribution in [0.25, 0.3) is 0 Å². The Hall–Kier alpha value is -2.70. The van der Waals surface area contributed by atoms with E-state index in [9.17, 15) is 4.79 Å². The van der Waals surface area contributed by atoms with Gasteiger partial charge in [-0.25, -0.2) is 4.79 Å². The summed E-state index contributed by atoms with van der Waals surface area (Å²) in [6, 6.07) is 20.4. The monoisotopic (exact) mass is 464 g/mol. The second kappa shape index (κ2) is 10.7. The standard InChI is InChI=1S/C26H28N2O2S2/c1-30-25(29)22-20-16-10-2-3-11-17-21(20)32-24(22)28-26(31)27-23(18-12-6-4-7-13-18)19-14-8-5-9-15-19/h4-9,12-15,23H,2-3,10-11,16-17H2,1H3,(H2,27,28,31). The molecular weight excluding hydrogens is 436 g/mol. The zero-order chi connectivity index (χ0) is 22.3. The summed E-state index contributed by atoms with van der Waals surface area (Å²) in [4.78, 5) is 14.0. The number of esters is 1. The number of thiophene rings is 1. The molecule has 0 saturated carbocycles. The zero-order valence-electron chi connectivity index (χ0n) is 18.2. The maximum Gasteiger partial charge on any atom is 0.341 e. The first-order valence-electron chi connectivity index (χ1n) is 11.1. The number of anilines is 1. The highest BCUT2D eigenvalue weighted by molar-refractivity contribution is 7.80. The predicted octanol–water partition coefficient (Wildman–Crippen LogP) is 6.27. The third kappa shape index (κ3) is 5.19. The van der Waals surface area contributed by atoms with Crippen molar-refractivity contribution in [1.82, 2.24) is 5.32 Å². The second-order valence-electron chi connectivity index (χ2n) is 7.97. The Labute approximate surface area is 199 Å². The molecule has 4 nitrogen and oxygen atoms in total. The van der Waals surface area contributed by atoms with Crippen LogP contribution in [0.3, 0.4) is 0 Å². The van der Waals surface area contributed by atoms with E-state index in [0.717, 1.165) is 47.4 Å². The maximum atomic E-state index is 12.7. The van der Waals surface area contributed by atoms with Crippen LogP contribution >= 0.6 is 23.6 Å². The van der Waals surface area contributed by atoms with Crippen molar-refractivity contribution in [3.05, 3.63) is 87.8 Å². The molecule has 1 heterocycles. The summed E-state index contributed by atoms with van der Waals surface area (Å²) in [5, 5.41) is 8.06. The van der Waals surface area contributed by atoms with Crippen LogP contribution < -0.4 is 10.6 Å². The summed E-state index contributed by atoms with van der Waals surface area (Å²) in [5.74, 6) is -0.295. The molecule has 6 heteroatoms. The molecule has 0 saturated heterocycles. The summed E-state index contributed by atoms with van der Waals surface area (Å²) >= 11 is 7.36. The number of carbonyl (C=O) groups excluding carboxylic acids is 1. The van der Waals surface area contributed by atoms with Crippen LogP contribution in [0.5, 0.6) is 0 Å². The van der Waals surface area contributed by atoms with Gasteiger partial charge < -0.3 is 15.4 Å². The second-order valence-corrected chi connectivity index (χ2v) is 9.48. The minimum Gasteiger partial charge on any atom is -0.465 e. The highest BCUT2D eigenvalue weighted by Gasteiger charge is 2.26. The fourth-order valence-electron chi connectivity index (χ4n) is 4.25. The van der Waals surface area contributed by atoms with Crippen molar-refractivity contribution in [3.8, 4) is 0 Å². The average Bonchev–Trinajstić information content (AvgIpc) is 3.13. The van der Waals surface area contributed by atoms with Gasteiger partial charge in [0.25, 0.3) is 0 Å². The summed E-state index contributed by atoms with van der Waals surface area (Å²) in [6.07, 6.45) is 6.61. The van der Waals surface area contributed by atoms with Crippen LogP contribution in [-0.2, 0) is 17.6 Å². The molecule has 1 aromatic heterocycles. The summed E-state index contributed by atoms with van der Waals surface area (Å²) in [6.45, 7) is 0.